The van der Waals surface area contributed by atoms with Crippen LogP contribution in [0.4, 0.5) is 4.39 Å². The van der Waals surface area contributed by atoms with E-state index in [0.717, 1.165) is 16.8 Å². The van der Waals surface area contributed by atoms with Crippen LogP contribution in [0.1, 0.15) is 11.3 Å². The lowest BCUT2D eigenvalue weighted by Gasteiger charge is -1.98. The molecule has 15 heavy (non-hydrogen) atoms. The van der Waals surface area contributed by atoms with E-state index in [1.807, 2.05) is 6.92 Å². The zero-order chi connectivity index (χ0) is 10.8. The normalized spacial score (nSPS) is 10.6. The van der Waals surface area contributed by atoms with Crippen LogP contribution in [0.2, 0.25) is 0 Å². The van der Waals surface area contributed by atoms with E-state index < -0.39 is 0 Å². The van der Waals surface area contributed by atoms with Gasteiger partial charge in [0.2, 0.25) is 0 Å². The second-order valence-electron chi connectivity index (χ2n) is 3.24. The van der Waals surface area contributed by atoms with Crippen LogP contribution in [-0.2, 0) is 5.75 Å². The lowest BCUT2D eigenvalue weighted by atomic mass is 10.1. The van der Waals surface area contributed by atoms with Crippen molar-refractivity contribution >= 4 is 12.6 Å². The van der Waals surface area contributed by atoms with Crippen molar-refractivity contribution in [1.29, 1.82) is 0 Å². The Bertz CT molecular complexity index is 464. The maximum atomic E-state index is 12.7. The second kappa shape index (κ2) is 4.06. The average molecular weight is 223 g/mol. The van der Waals surface area contributed by atoms with E-state index in [4.69, 9.17) is 4.52 Å². The smallest absolute Gasteiger partial charge is 0.171 e. The van der Waals surface area contributed by atoms with Crippen LogP contribution in [-0.4, -0.2) is 5.16 Å². The molecule has 78 valence electrons. The van der Waals surface area contributed by atoms with E-state index in [-0.39, 0.29) is 5.82 Å². The first-order valence-corrected chi connectivity index (χ1v) is 5.17. The monoisotopic (exact) mass is 223 g/mol. The lowest BCUT2D eigenvalue weighted by molar-refractivity contribution is 0.426. The van der Waals surface area contributed by atoms with E-state index in [0.29, 0.717) is 11.5 Å². The Hall–Kier alpha value is -1.29. The molecule has 4 heteroatoms. The van der Waals surface area contributed by atoms with Gasteiger partial charge in [0.15, 0.2) is 5.76 Å². The van der Waals surface area contributed by atoms with Gasteiger partial charge < -0.3 is 4.52 Å². The Morgan fingerprint density at radius 3 is 2.60 bits per heavy atom. The van der Waals surface area contributed by atoms with Gasteiger partial charge in [-0.25, -0.2) is 4.39 Å². The highest BCUT2D eigenvalue weighted by atomic mass is 32.1. The number of benzene rings is 1. The molecule has 0 saturated heterocycles. The molecule has 0 saturated carbocycles. The van der Waals surface area contributed by atoms with E-state index >= 15 is 0 Å². The molecule has 0 aliphatic carbocycles. The molecule has 0 aliphatic rings. The Labute approximate surface area is 92.5 Å². The number of thiol groups is 1. The predicted octanol–water partition coefficient (Wildman–Crippen LogP) is 3.22. The van der Waals surface area contributed by atoms with Crippen LogP contribution in [0.15, 0.2) is 28.8 Å². The summed E-state index contributed by atoms with van der Waals surface area (Å²) in [5.41, 5.74) is 2.59. The molecule has 2 aromatic rings. The number of aromatic nitrogens is 1. The summed E-state index contributed by atoms with van der Waals surface area (Å²) in [6.07, 6.45) is 0. The van der Waals surface area contributed by atoms with Crippen molar-refractivity contribution in [3.63, 3.8) is 0 Å². The Balaban J connectivity index is 2.49. The van der Waals surface area contributed by atoms with Gasteiger partial charge in [0.1, 0.15) is 5.82 Å². The molecule has 1 heterocycles. The van der Waals surface area contributed by atoms with Gasteiger partial charge in [-0.1, -0.05) is 5.16 Å². The molecule has 1 aromatic heterocycles. The van der Waals surface area contributed by atoms with Crippen LogP contribution in [0.25, 0.3) is 11.3 Å². The van der Waals surface area contributed by atoms with E-state index in [9.17, 15) is 4.39 Å². The summed E-state index contributed by atoms with van der Waals surface area (Å²) in [5, 5.41) is 3.87. The largest absolute Gasteiger partial charge is 0.356 e. The minimum Gasteiger partial charge on any atom is -0.356 e. The highest BCUT2D eigenvalue weighted by molar-refractivity contribution is 7.79. The van der Waals surface area contributed by atoms with Gasteiger partial charge in [0.05, 0.1) is 5.69 Å². The molecule has 0 unspecified atom stereocenters. The molecule has 0 amide bonds. The molecule has 0 bridgehead atoms. The van der Waals surface area contributed by atoms with Gasteiger partial charge in [0, 0.05) is 16.9 Å². The zero-order valence-electron chi connectivity index (χ0n) is 8.20. The van der Waals surface area contributed by atoms with Crippen molar-refractivity contribution in [3.05, 3.63) is 41.3 Å². The third-order valence-electron chi connectivity index (χ3n) is 2.25. The van der Waals surface area contributed by atoms with Crippen LogP contribution < -0.4 is 0 Å². The van der Waals surface area contributed by atoms with Crippen molar-refractivity contribution in [2.75, 3.05) is 0 Å². The Kier molecular flexibility index (Phi) is 2.77. The summed E-state index contributed by atoms with van der Waals surface area (Å²) in [7, 11) is 0. The van der Waals surface area contributed by atoms with Gasteiger partial charge >= 0.3 is 0 Å². The quantitative estimate of drug-likeness (QED) is 0.791. The van der Waals surface area contributed by atoms with Gasteiger partial charge in [-0.2, -0.15) is 12.6 Å². The molecule has 0 atom stereocenters. The standard InChI is InChI=1S/C11H10FNOS/c1-7-10(6-15)11(14-13-7)8-2-4-9(12)5-3-8/h2-5,15H,6H2,1H3. The SMILES string of the molecule is Cc1noc(-c2ccc(F)cc2)c1CS. The summed E-state index contributed by atoms with van der Waals surface area (Å²) in [6, 6.07) is 6.13. The molecule has 0 fully saturated rings. The molecular weight excluding hydrogens is 213 g/mol. The molecule has 0 radical (unpaired) electrons. The molecule has 2 nitrogen and oxygen atoms in total. The molecular formula is C11H10FNOS. The van der Waals surface area contributed by atoms with Gasteiger partial charge in [0.25, 0.3) is 0 Å². The van der Waals surface area contributed by atoms with E-state index in [2.05, 4.69) is 17.8 Å². The molecule has 1 aromatic carbocycles. The topological polar surface area (TPSA) is 26.0 Å². The first-order valence-electron chi connectivity index (χ1n) is 4.54. The summed E-state index contributed by atoms with van der Waals surface area (Å²) < 4.78 is 17.9. The van der Waals surface area contributed by atoms with Crippen molar-refractivity contribution in [3.8, 4) is 11.3 Å². The van der Waals surface area contributed by atoms with Crippen LogP contribution >= 0.6 is 12.6 Å². The third kappa shape index (κ3) is 1.90. The minimum atomic E-state index is -0.262. The van der Waals surface area contributed by atoms with Crippen molar-refractivity contribution in [2.24, 2.45) is 0 Å². The van der Waals surface area contributed by atoms with E-state index in [1.54, 1.807) is 12.1 Å². The summed E-state index contributed by atoms with van der Waals surface area (Å²) in [4.78, 5) is 0. The second-order valence-corrected chi connectivity index (χ2v) is 3.56. The van der Waals surface area contributed by atoms with Gasteiger partial charge in [-0.15, -0.1) is 0 Å². The highest BCUT2D eigenvalue weighted by Crippen LogP contribution is 2.27. The molecule has 0 N–H and O–H groups in total. The fraction of sp³-hybridized carbons (Fsp3) is 0.182. The number of aryl methyl sites for hydroxylation is 1. The highest BCUT2D eigenvalue weighted by Gasteiger charge is 2.13. The first-order chi connectivity index (χ1) is 7.22. The van der Waals surface area contributed by atoms with Gasteiger partial charge in [-0.3, -0.25) is 0 Å². The zero-order valence-corrected chi connectivity index (χ0v) is 9.09. The minimum absolute atomic E-state index is 0.262. The Morgan fingerprint density at radius 2 is 2.00 bits per heavy atom. The molecule has 2 rings (SSSR count). The number of rotatable bonds is 2. The lowest BCUT2D eigenvalue weighted by Crippen LogP contribution is -1.84. The number of hydrogen-bond acceptors (Lipinski definition) is 3. The molecule has 0 spiro atoms. The number of halogens is 1. The van der Waals surface area contributed by atoms with Crippen molar-refractivity contribution in [2.45, 2.75) is 12.7 Å². The maximum absolute atomic E-state index is 12.7. The molecule has 0 aliphatic heterocycles. The van der Waals surface area contributed by atoms with Crippen LogP contribution in [0.3, 0.4) is 0 Å². The number of nitrogens with zero attached hydrogens (tertiary/aromatic N) is 1. The third-order valence-corrected chi connectivity index (χ3v) is 2.57. The predicted molar refractivity (Wildman–Crippen MR) is 59.3 cm³/mol. The maximum Gasteiger partial charge on any atom is 0.171 e. The summed E-state index contributed by atoms with van der Waals surface area (Å²) in [5.74, 6) is 0.965. The van der Waals surface area contributed by atoms with Crippen LogP contribution in [0, 0.1) is 12.7 Å². The fourth-order valence-electron chi connectivity index (χ4n) is 1.40. The fourth-order valence-corrected chi connectivity index (χ4v) is 1.78. The van der Waals surface area contributed by atoms with Crippen LogP contribution in [0.5, 0.6) is 0 Å². The van der Waals surface area contributed by atoms with E-state index in [1.165, 1.54) is 12.1 Å². The summed E-state index contributed by atoms with van der Waals surface area (Å²) >= 11 is 4.21. The average Bonchev–Trinajstić information content (AvgIpc) is 2.61. The van der Waals surface area contributed by atoms with Crippen molar-refractivity contribution < 1.29 is 8.91 Å². The first kappa shape index (κ1) is 10.2. The van der Waals surface area contributed by atoms with Crippen molar-refractivity contribution in [1.82, 2.24) is 5.16 Å². The number of hydrogen-bond donors (Lipinski definition) is 1. The van der Waals surface area contributed by atoms with Gasteiger partial charge in [-0.05, 0) is 31.2 Å². The summed E-state index contributed by atoms with van der Waals surface area (Å²) in [6.45, 7) is 1.86. The Morgan fingerprint density at radius 1 is 1.33 bits per heavy atom.